The van der Waals surface area contributed by atoms with Crippen LogP contribution in [0.1, 0.15) is 5.56 Å². The van der Waals surface area contributed by atoms with Gasteiger partial charge in [0.25, 0.3) is 0 Å². The molecule has 0 aromatic heterocycles. The largest absolute Gasteiger partial charge is 0.456 e. The van der Waals surface area contributed by atoms with Crippen molar-refractivity contribution in [3.8, 4) is 6.07 Å². The van der Waals surface area contributed by atoms with Gasteiger partial charge in [-0.1, -0.05) is 18.2 Å². The molecule has 1 spiro atoms. The van der Waals surface area contributed by atoms with E-state index in [2.05, 4.69) is 5.32 Å². The molecule has 2 aromatic rings. The molecule has 0 bridgehead atoms. The van der Waals surface area contributed by atoms with E-state index in [4.69, 9.17) is 10.5 Å². The lowest BCUT2D eigenvalue weighted by molar-refractivity contribution is -0.137. The minimum Gasteiger partial charge on any atom is -0.456 e. The Labute approximate surface area is 164 Å². The Morgan fingerprint density at radius 2 is 1.90 bits per heavy atom. The predicted molar refractivity (Wildman–Crippen MR) is 100 cm³/mol. The van der Waals surface area contributed by atoms with Crippen LogP contribution in [0, 0.1) is 17.1 Å². The highest BCUT2D eigenvalue weighted by atomic mass is 19.1. The van der Waals surface area contributed by atoms with E-state index in [1.165, 1.54) is 29.2 Å². The molecular formula is C21H13FN4O3. The van der Waals surface area contributed by atoms with Gasteiger partial charge in [0.15, 0.2) is 0 Å². The van der Waals surface area contributed by atoms with Crippen LogP contribution in [0.4, 0.5) is 15.8 Å². The normalized spacial score (nSPS) is 22.4. The monoisotopic (exact) mass is 388 g/mol. The number of halogens is 1. The second-order valence-corrected chi connectivity index (χ2v) is 6.83. The molecule has 0 saturated heterocycles. The molecule has 1 atom stereocenters. The lowest BCUT2D eigenvalue weighted by Gasteiger charge is -2.38. The van der Waals surface area contributed by atoms with Gasteiger partial charge in [0.2, 0.25) is 5.91 Å². The van der Waals surface area contributed by atoms with E-state index >= 15 is 0 Å². The van der Waals surface area contributed by atoms with E-state index in [1.54, 1.807) is 24.3 Å². The number of nitrogens with zero attached hydrogens (tertiary/aromatic N) is 2. The molecule has 7 nitrogen and oxygen atoms in total. The Morgan fingerprint density at radius 1 is 1.17 bits per heavy atom. The van der Waals surface area contributed by atoms with Crippen molar-refractivity contribution < 1.29 is 18.7 Å². The Bertz CT molecular complexity index is 1210. The number of nitrogens with one attached hydrogen (secondary N) is 1. The standard InChI is InChI=1S/C21H13FN4O3/c22-11-5-7-12(8-6-11)26-16-10-29-19(27)17(16)21(14(9-23)18(26)24)13-3-1-2-4-15(13)25-20(21)28/h1-8H,10,24H2,(H,25,28). The van der Waals surface area contributed by atoms with E-state index in [0.29, 0.717) is 22.6 Å². The van der Waals surface area contributed by atoms with Crippen LogP contribution in [0.3, 0.4) is 0 Å². The van der Waals surface area contributed by atoms with Crippen LogP contribution in [-0.2, 0) is 19.7 Å². The van der Waals surface area contributed by atoms with Gasteiger partial charge in [-0.2, -0.15) is 5.26 Å². The molecule has 3 heterocycles. The minimum absolute atomic E-state index is 0.0111. The van der Waals surface area contributed by atoms with Crippen LogP contribution in [0.2, 0.25) is 0 Å². The molecule has 8 heteroatoms. The van der Waals surface area contributed by atoms with E-state index in [9.17, 15) is 19.2 Å². The van der Waals surface area contributed by atoms with Gasteiger partial charge in [0.1, 0.15) is 29.7 Å². The van der Waals surface area contributed by atoms with Gasteiger partial charge in [0.05, 0.1) is 16.8 Å². The number of cyclic esters (lactones) is 1. The predicted octanol–water partition coefficient (Wildman–Crippen LogP) is 2.04. The Morgan fingerprint density at radius 3 is 2.62 bits per heavy atom. The van der Waals surface area contributed by atoms with Gasteiger partial charge in [-0.15, -0.1) is 0 Å². The second-order valence-electron chi connectivity index (χ2n) is 6.83. The van der Waals surface area contributed by atoms with Crippen molar-refractivity contribution >= 4 is 23.3 Å². The molecule has 2 aromatic carbocycles. The Hall–Kier alpha value is -4.12. The Balaban J connectivity index is 1.86. The fourth-order valence-corrected chi connectivity index (χ4v) is 4.30. The maximum Gasteiger partial charge on any atom is 0.338 e. The third-order valence-electron chi connectivity index (χ3n) is 5.47. The number of fused-ring (bicyclic) bond motifs is 3. The number of carbonyl (C=O) groups is 2. The maximum atomic E-state index is 13.4. The van der Waals surface area contributed by atoms with Gasteiger partial charge in [0, 0.05) is 16.9 Å². The summed E-state index contributed by atoms with van der Waals surface area (Å²) in [4.78, 5) is 27.5. The number of rotatable bonds is 1. The summed E-state index contributed by atoms with van der Waals surface area (Å²) >= 11 is 0. The summed E-state index contributed by atoms with van der Waals surface area (Å²) in [5.74, 6) is -1.69. The Kier molecular flexibility index (Phi) is 3.34. The fraction of sp³-hybridized carbons (Fsp3) is 0.0952. The van der Waals surface area contributed by atoms with E-state index in [1.807, 2.05) is 6.07 Å². The molecule has 0 radical (unpaired) electrons. The van der Waals surface area contributed by atoms with Crippen LogP contribution in [-0.4, -0.2) is 18.5 Å². The number of nitriles is 1. The summed E-state index contributed by atoms with van der Waals surface area (Å²) in [5, 5.41) is 12.8. The maximum absolute atomic E-state index is 13.4. The van der Waals surface area contributed by atoms with Crippen molar-refractivity contribution in [2.24, 2.45) is 5.73 Å². The zero-order valence-corrected chi connectivity index (χ0v) is 14.9. The number of benzene rings is 2. The molecule has 0 aliphatic carbocycles. The summed E-state index contributed by atoms with van der Waals surface area (Å²) in [6.07, 6.45) is 0. The second kappa shape index (κ2) is 5.69. The summed E-state index contributed by atoms with van der Waals surface area (Å²) in [7, 11) is 0. The molecule has 5 rings (SSSR count). The number of esters is 1. The van der Waals surface area contributed by atoms with E-state index in [-0.39, 0.29) is 23.6 Å². The molecule has 3 aliphatic heterocycles. The smallest absolute Gasteiger partial charge is 0.338 e. The first kappa shape index (κ1) is 17.0. The number of para-hydroxylation sites is 1. The highest BCUT2D eigenvalue weighted by molar-refractivity contribution is 6.18. The molecule has 0 fully saturated rings. The molecule has 3 aliphatic rings. The van der Waals surface area contributed by atoms with Crippen LogP contribution in [0.15, 0.2) is 71.2 Å². The van der Waals surface area contributed by atoms with Crippen molar-refractivity contribution in [2.45, 2.75) is 5.41 Å². The van der Waals surface area contributed by atoms with Crippen molar-refractivity contribution in [1.82, 2.24) is 0 Å². The van der Waals surface area contributed by atoms with Crippen LogP contribution >= 0.6 is 0 Å². The number of anilines is 2. The van der Waals surface area contributed by atoms with Gasteiger partial charge in [-0.3, -0.25) is 9.69 Å². The number of hydrogen-bond acceptors (Lipinski definition) is 6. The SMILES string of the molecule is N#CC1=C(N)N(c2ccc(F)cc2)C2=C(C(=O)OC2)C12C(=O)Nc1ccccc12. The topological polar surface area (TPSA) is 108 Å². The molecule has 1 unspecified atom stereocenters. The fourth-order valence-electron chi connectivity index (χ4n) is 4.30. The third kappa shape index (κ3) is 1.99. The molecule has 142 valence electrons. The number of ether oxygens (including phenoxy) is 1. The van der Waals surface area contributed by atoms with Crippen molar-refractivity contribution in [3.63, 3.8) is 0 Å². The first-order valence-corrected chi connectivity index (χ1v) is 8.78. The zero-order chi connectivity index (χ0) is 20.3. The molecule has 1 amide bonds. The summed E-state index contributed by atoms with van der Waals surface area (Å²) in [6.45, 7) is -0.123. The molecular weight excluding hydrogens is 375 g/mol. The number of carbonyl (C=O) groups excluding carboxylic acids is 2. The van der Waals surface area contributed by atoms with Gasteiger partial charge >= 0.3 is 5.97 Å². The average Bonchev–Trinajstić information content (AvgIpc) is 3.22. The molecule has 0 saturated carbocycles. The van der Waals surface area contributed by atoms with Gasteiger partial charge in [-0.25, -0.2) is 9.18 Å². The zero-order valence-electron chi connectivity index (χ0n) is 14.9. The minimum atomic E-state index is -1.69. The summed E-state index contributed by atoms with van der Waals surface area (Å²) in [5.41, 5.74) is 6.44. The van der Waals surface area contributed by atoms with Crippen LogP contribution in [0.5, 0.6) is 0 Å². The summed E-state index contributed by atoms with van der Waals surface area (Å²) < 4.78 is 18.7. The average molecular weight is 388 g/mol. The lowest BCUT2D eigenvalue weighted by atomic mass is 9.67. The number of nitrogens with two attached hydrogens (primary N) is 1. The van der Waals surface area contributed by atoms with Gasteiger partial charge < -0.3 is 15.8 Å². The quantitative estimate of drug-likeness (QED) is 0.724. The number of amides is 1. The highest BCUT2D eigenvalue weighted by Crippen LogP contribution is 2.54. The van der Waals surface area contributed by atoms with Crippen LogP contribution in [0.25, 0.3) is 0 Å². The van der Waals surface area contributed by atoms with Gasteiger partial charge in [-0.05, 0) is 30.3 Å². The van der Waals surface area contributed by atoms with Crippen molar-refractivity contribution in [2.75, 3.05) is 16.8 Å². The van der Waals surface area contributed by atoms with Crippen LogP contribution < -0.4 is 16.0 Å². The van der Waals surface area contributed by atoms with E-state index < -0.39 is 23.1 Å². The highest BCUT2D eigenvalue weighted by Gasteiger charge is 2.61. The molecule has 3 N–H and O–H groups in total. The van der Waals surface area contributed by atoms with E-state index in [0.717, 1.165) is 0 Å². The van der Waals surface area contributed by atoms with Crippen molar-refractivity contribution in [3.05, 3.63) is 82.6 Å². The first-order valence-electron chi connectivity index (χ1n) is 8.78. The first-order chi connectivity index (χ1) is 14.0. The lowest BCUT2D eigenvalue weighted by Crippen LogP contribution is -2.48. The van der Waals surface area contributed by atoms with Crippen molar-refractivity contribution in [1.29, 1.82) is 5.26 Å². The molecule has 29 heavy (non-hydrogen) atoms. The third-order valence-corrected chi connectivity index (χ3v) is 5.47. The number of hydrogen-bond donors (Lipinski definition) is 2. The summed E-state index contributed by atoms with van der Waals surface area (Å²) in [6, 6.07) is 14.3.